The molecule has 3 rings (SSSR count). The Balaban J connectivity index is 1.73. The van der Waals surface area contributed by atoms with Crippen LogP contribution in [0.3, 0.4) is 0 Å². The average molecular weight is 424 g/mol. The SMILES string of the molecule is CCC(CC)(COCCF)NC(=O)c1ccc(N2CC(OC)C2)c(OCC2CC2)n1. The van der Waals surface area contributed by atoms with Gasteiger partial charge in [0.05, 0.1) is 31.5 Å². The lowest BCUT2D eigenvalue weighted by molar-refractivity contribution is 0.0492. The Bertz CT molecular complexity index is 704. The lowest BCUT2D eigenvalue weighted by Crippen LogP contribution is -2.52. The van der Waals surface area contributed by atoms with Gasteiger partial charge in [0.2, 0.25) is 5.88 Å². The predicted molar refractivity (Wildman–Crippen MR) is 113 cm³/mol. The monoisotopic (exact) mass is 423 g/mol. The van der Waals surface area contributed by atoms with Crippen LogP contribution in [0.25, 0.3) is 0 Å². The van der Waals surface area contributed by atoms with Crippen LogP contribution in [0.2, 0.25) is 0 Å². The van der Waals surface area contributed by atoms with Gasteiger partial charge in [0.1, 0.15) is 18.1 Å². The fourth-order valence-corrected chi connectivity index (χ4v) is 3.47. The number of pyridine rings is 1. The van der Waals surface area contributed by atoms with Gasteiger partial charge in [0, 0.05) is 20.2 Å². The van der Waals surface area contributed by atoms with Crippen LogP contribution in [0.1, 0.15) is 50.0 Å². The molecule has 0 radical (unpaired) electrons. The first-order valence-electron chi connectivity index (χ1n) is 10.9. The molecule has 8 heteroatoms. The highest BCUT2D eigenvalue weighted by molar-refractivity contribution is 5.93. The molecule has 0 aromatic carbocycles. The first-order chi connectivity index (χ1) is 14.5. The number of ether oxygens (including phenoxy) is 3. The van der Waals surface area contributed by atoms with E-state index in [0.29, 0.717) is 36.9 Å². The summed E-state index contributed by atoms with van der Waals surface area (Å²) in [5.41, 5.74) is 0.652. The van der Waals surface area contributed by atoms with Crippen LogP contribution in [0.15, 0.2) is 12.1 Å². The fourth-order valence-electron chi connectivity index (χ4n) is 3.47. The Kier molecular flexibility index (Phi) is 7.88. The molecule has 1 aromatic rings. The van der Waals surface area contributed by atoms with Crippen LogP contribution in [0, 0.1) is 5.92 Å². The number of carbonyl (C=O) groups is 1. The molecule has 168 valence electrons. The maximum Gasteiger partial charge on any atom is 0.270 e. The third-order valence-corrected chi connectivity index (χ3v) is 6.08. The van der Waals surface area contributed by atoms with Crippen molar-refractivity contribution in [2.24, 2.45) is 5.92 Å². The van der Waals surface area contributed by atoms with Crippen LogP contribution in [0.4, 0.5) is 10.1 Å². The van der Waals surface area contributed by atoms with Crippen molar-refractivity contribution in [2.45, 2.75) is 51.2 Å². The molecule has 1 aliphatic carbocycles. The van der Waals surface area contributed by atoms with Crippen molar-refractivity contribution >= 4 is 11.6 Å². The Labute approximate surface area is 178 Å². The number of nitrogens with one attached hydrogen (secondary N) is 1. The van der Waals surface area contributed by atoms with Crippen LogP contribution < -0.4 is 15.0 Å². The quantitative estimate of drug-likeness (QED) is 0.492. The van der Waals surface area contributed by atoms with Gasteiger partial charge < -0.3 is 24.4 Å². The molecule has 1 amide bonds. The molecule has 7 nitrogen and oxygen atoms in total. The van der Waals surface area contributed by atoms with E-state index in [1.165, 1.54) is 12.8 Å². The number of alkyl halides is 1. The Morgan fingerprint density at radius 2 is 2.03 bits per heavy atom. The molecule has 0 spiro atoms. The highest BCUT2D eigenvalue weighted by atomic mass is 19.1. The van der Waals surface area contributed by atoms with Crippen molar-refractivity contribution in [2.75, 3.05) is 51.6 Å². The fraction of sp³-hybridized carbons (Fsp3) is 0.727. The molecule has 2 fully saturated rings. The summed E-state index contributed by atoms with van der Waals surface area (Å²) in [4.78, 5) is 19.7. The van der Waals surface area contributed by atoms with Gasteiger partial charge in [-0.2, -0.15) is 0 Å². The maximum atomic E-state index is 13.0. The van der Waals surface area contributed by atoms with Gasteiger partial charge in [-0.15, -0.1) is 0 Å². The van der Waals surface area contributed by atoms with Crippen molar-refractivity contribution in [1.82, 2.24) is 10.3 Å². The largest absolute Gasteiger partial charge is 0.476 e. The summed E-state index contributed by atoms with van der Waals surface area (Å²) < 4.78 is 29.2. The predicted octanol–water partition coefficient (Wildman–Crippen LogP) is 2.98. The zero-order valence-electron chi connectivity index (χ0n) is 18.3. The van der Waals surface area contributed by atoms with Crippen molar-refractivity contribution in [3.63, 3.8) is 0 Å². The number of nitrogens with zero attached hydrogens (tertiary/aromatic N) is 2. The molecular formula is C22H34FN3O4. The molecule has 1 saturated heterocycles. The molecule has 2 heterocycles. The zero-order valence-corrected chi connectivity index (χ0v) is 18.3. The van der Waals surface area contributed by atoms with Gasteiger partial charge in [-0.05, 0) is 43.7 Å². The second-order valence-corrected chi connectivity index (χ2v) is 8.22. The summed E-state index contributed by atoms with van der Waals surface area (Å²) >= 11 is 0. The van der Waals surface area contributed by atoms with Crippen molar-refractivity contribution in [3.05, 3.63) is 17.8 Å². The Hall–Kier alpha value is -1.93. The van der Waals surface area contributed by atoms with Gasteiger partial charge in [0.25, 0.3) is 5.91 Å². The van der Waals surface area contributed by atoms with Crippen LogP contribution in [0.5, 0.6) is 5.88 Å². The lowest BCUT2D eigenvalue weighted by atomic mass is 9.93. The number of halogens is 1. The lowest BCUT2D eigenvalue weighted by Gasteiger charge is -2.40. The normalized spacial score (nSPS) is 17.0. The van der Waals surface area contributed by atoms with E-state index < -0.39 is 12.2 Å². The van der Waals surface area contributed by atoms with E-state index in [4.69, 9.17) is 14.2 Å². The smallest absolute Gasteiger partial charge is 0.270 e. The highest BCUT2D eigenvalue weighted by Crippen LogP contribution is 2.34. The van der Waals surface area contributed by atoms with E-state index in [2.05, 4.69) is 15.2 Å². The molecule has 30 heavy (non-hydrogen) atoms. The highest BCUT2D eigenvalue weighted by Gasteiger charge is 2.32. The average Bonchev–Trinajstić information content (AvgIpc) is 3.56. The van der Waals surface area contributed by atoms with E-state index in [-0.39, 0.29) is 25.2 Å². The summed E-state index contributed by atoms with van der Waals surface area (Å²) in [5, 5.41) is 3.06. The Morgan fingerprint density at radius 3 is 2.63 bits per heavy atom. The molecule has 0 unspecified atom stereocenters. The first kappa shape index (κ1) is 22.7. The molecule has 1 N–H and O–H groups in total. The summed E-state index contributed by atoms with van der Waals surface area (Å²) in [5.74, 6) is 0.806. The number of hydrogen-bond donors (Lipinski definition) is 1. The number of amides is 1. The van der Waals surface area contributed by atoms with Gasteiger partial charge in [-0.25, -0.2) is 9.37 Å². The minimum absolute atomic E-state index is 0.0298. The molecular weight excluding hydrogens is 389 g/mol. The molecule has 1 aliphatic heterocycles. The van der Waals surface area contributed by atoms with Gasteiger partial charge in [-0.1, -0.05) is 13.8 Å². The molecule has 0 bridgehead atoms. The second kappa shape index (κ2) is 10.4. The standard InChI is InChI=1S/C22H34FN3O4/c1-4-22(5-2,15-29-11-10-23)25-20(27)18-8-9-19(26-12-17(13-26)28-3)21(24-18)30-14-16-6-7-16/h8-9,16-17H,4-7,10-15H2,1-3H3,(H,25,27). The summed E-state index contributed by atoms with van der Waals surface area (Å²) in [6.07, 6.45) is 3.93. The summed E-state index contributed by atoms with van der Waals surface area (Å²) in [7, 11) is 1.71. The van der Waals surface area contributed by atoms with E-state index >= 15 is 0 Å². The maximum absolute atomic E-state index is 13.0. The second-order valence-electron chi connectivity index (χ2n) is 8.22. The van der Waals surface area contributed by atoms with Crippen molar-refractivity contribution in [3.8, 4) is 5.88 Å². The molecule has 0 atom stereocenters. The van der Waals surface area contributed by atoms with Crippen LogP contribution in [-0.2, 0) is 9.47 Å². The Morgan fingerprint density at radius 1 is 1.30 bits per heavy atom. The van der Waals surface area contributed by atoms with Gasteiger partial charge >= 0.3 is 0 Å². The van der Waals surface area contributed by atoms with Crippen LogP contribution in [-0.4, -0.2) is 69.2 Å². The van der Waals surface area contributed by atoms with Crippen LogP contribution >= 0.6 is 0 Å². The molecule has 1 saturated carbocycles. The van der Waals surface area contributed by atoms with Crippen molar-refractivity contribution < 1.29 is 23.4 Å². The third-order valence-electron chi connectivity index (χ3n) is 6.08. The minimum Gasteiger partial charge on any atom is -0.476 e. The van der Waals surface area contributed by atoms with Gasteiger partial charge in [-0.3, -0.25) is 4.79 Å². The minimum atomic E-state index is -0.551. The summed E-state index contributed by atoms with van der Waals surface area (Å²) in [6.45, 7) is 5.92. The zero-order chi connectivity index (χ0) is 21.6. The first-order valence-corrected chi connectivity index (χ1v) is 10.9. The topological polar surface area (TPSA) is 72.9 Å². The molecule has 2 aliphatic rings. The number of anilines is 1. The molecule has 1 aromatic heterocycles. The van der Waals surface area contributed by atoms with E-state index in [1.807, 2.05) is 19.9 Å². The van der Waals surface area contributed by atoms with E-state index in [1.54, 1.807) is 13.2 Å². The number of hydrogen-bond acceptors (Lipinski definition) is 6. The van der Waals surface area contributed by atoms with Crippen molar-refractivity contribution in [1.29, 1.82) is 0 Å². The number of carbonyl (C=O) groups excluding carboxylic acids is 1. The number of aromatic nitrogens is 1. The van der Waals surface area contributed by atoms with Gasteiger partial charge in [0.15, 0.2) is 0 Å². The van der Waals surface area contributed by atoms with E-state index in [9.17, 15) is 9.18 Å². The number of rotatable bonds is 13. The third kappa shape index (κ3) is 5.60. The summed E-state index contributed by atoms with van der Waals surface area (Å²) in [6, 6.07) is 3.63. The van der Waals surface area contributed by atoms with E-state index in [0.717, 1.165) is 18.8 Å². The number of methoxy groups -OCH3 is 1.